The highest BCUT2D eigenvalue weighted by Gasteiger charge is 2.38. The summed E-state index contributed by atoms with van der Waals surface area (Å²) in [4.78, 5) is 12.2. The van der Waals surface area contributed by atoms with E-state index in [1.165, 1.54) is 18.2 Å². The normalized spacial score (nSPS) is 17.8. The Kier molecular flexibility index (Phi) is 3.14. The summed E-state index contributed by atoms with van der Waals surface area (Å²) < 4.78 is 29.9. The number of Topliss-reactive ketones (excluding diaryl/α,β-unsaturated/α-hetero) is 1. The van der Waals surface area contributed by atoms with Crippen LogP contribution in [0.25, 0.3) is 6.08 Å². The molecule has 0 unspecified atom stereocenters. The fourth-order valence-electron chi connectivity index (χ4n) is 2.26. The Morgan fingerprint density at radius 2 is 1.67 bits per heavy atom. The van der Waals surface area contributed by atoms with Crippen LogP contribution in [0.1, 0.15) is 15.9 Å². The number of hydrogen-bond donors (Lipinski definition) is 0. The third kappa shape index (κ3) is 2.15. The Balaban J connectivity index is 2.11. The third-order valence-corrected chi connectivity index (χ3v) is 5.17. The van der Waals surface area contributed by atoms with E-state index in [-0.39, 0.29) is 15.4 Å². The van der Waals surface area contributed by atoms with Crippen molar-refractivity contribution >= 4 is 21.7 Å². The molecule has 5 heteroatoms. The Hall–Kier alpha value is -2.40. The Bertz CT molecular complexity index is 846. The molecule has 0 saturated heterocycles. The van der Waals surface area contributed by atoms with E-state index in [1.807, 2.05) is 0 Å². The van der Waals surface area contributed by atoms with Crippen molar-refractivity contribution in [1.29, 1.82) is 0 Å². The number of allylic oxidation sites excluding steroid dienone is 1. The maximum Gasteiger partial charge on any atom is 0.211 e. The molecule has 0 atom stereocenters. The molecule has 0 amide bonds. The molecule has 21 heavy (non-hydrogen) atoms. The minimum Gasteiger partial charge on any atom is -0.497 e. The van der Waals surface area contributed by atoms with Crippen molar-refractivity contribution in [2.24, 2.45) is 0 Å². The highest BCUT2D eigenvalue weighted by Crippen LogP contribution is 2.34. The van der Waals surface area contributed by atoms with Gasteiger partial charge in [0.2, 0.25) is 15.6 Å². The van der Waals surface area contributed by atoms with Gasteiger partial charge in [0.05, 0.1) is 12.0 Å². The second-order valence-corrected chi connectivity index (χ2v) is 6.50. The van der Waals surface area contributed by atoms with Gasteiger partial charge in [0.25, 0.3) is 0 Å². The quantitative estimate of drug-likeness (QED) is 0.800. The van der Waals surface area contributed by atoms with Crippen molar-refractivity contribution in [3.8, 4) is 5.75 Å². The smallest absolute Gasteiger partial charge is 0.211 e. The predicted octanol–water partition coefficient (Wildman–Crippen LogP) is 2.71. The second-order valence-electron chi connectivity index (χ2n) is 4.61. The van der Waals surface area contributed by atoms with Crippen molar-refractivity contribution in [1.82, 2.24) is 0 Å². The number of rotatable bonds is 2. The molecule has 0 spiro atoms. The lowest BCUT2D eigenvalue weighted by atomic mass is 10.1. The standard InChI is InChI=1S/C16H12O4S/c1-20-12-8-6-11(7-9-12)10-15-16(17)13-4-2-3-5-14(13)21(15,18)19/h2-10H,1H3. The first kappa shape index (κ1) is 13.6. The molecule has 0 radical (unpaired) electrons. The molecule has 0 saturated carbocycles. The number of methoxy groups -OCH3 is 1. The number of carbonyl (C=O) groups excluding carboxylic acids is 1. The molecule has 0 bridgehead atoms. The number of benzene rings is 2. The first-order valence-corrected chi connectivity index (χ1v) is 7.77. The summed E-state index contributed by atoms with van der Waals surface area (Å²) >= 11 is 0. The minimum atomic E-state index is -3.73. The molecule has 1 aliphatic rings. The molecule has 2 aromatic rings. The number of carbonyl (C=O) groups is 1. The summed E-state index contributed by atoms with van der Waals surface area (Å²) in [7, 11) is -2.18. The van der Waals surface area contributed by atoms with E-state index < -0.39 is 15.6 Å². The molecule has 1 heterocycles. The average molecular weight is 300 g/mol. The minimum absolute atomic E-state index is 0.0785. The molecular weight excluding hydrogens is 288 g/mol. The Labute approximate surface area is 122 Å². The molecule has 3 rings (SSSR count). The zero-order valence-electron chi connectivity index (χ0n) is 11.2. The summed E-state index contributed by atoms with van der Waals surface area (Å²) in [5.41, 5.74) is 0.868. The molecule has 1 aliphatic heterocycles. The Morgan fingerprint density at radius 1 is 1.00 bits per heavy atom. The van der Waals surface area contributed by atoms with Gasteiger partial charge in [-0.1, -0.05) is 24.3 Å². The fraction of sp³-hybridized carbons (Fsp3) is 0.0625. The SMILES string of the molecule is COc1ccc(C=C2C(=O)c3ccccc3S2(=O)=O)cc1. The fourth-order valence-corrected chi connectivity index (χ4v) is 3.85. The molecule has 0 N–H and O–H groups in total. The summed E-state index contributed by atoms with van der Waals surface area (Å²) in [5.74, 6) is 0.211. The Morgan fingerprint density at radius 3 is 2.29 bits per heavy atom. The first-order chi connectivity index (χ1) is 10.0. The van der Waals surface area contributed by atoms with Crippen molar-refractivity contribution in [2.75, 3.05) is 7.11 Å². The zero-order chi connectivity index (χ0) is 15.0. The van der Waals surface area contributed by atoms with Gasteiger partial charge in [-0.3, -0.25) is 4.79 Å². The van der Waals surface area contributed by atoms with Crippen molar-refractivity contribution in [2.45, 2.75) is 4.90 Å². The van der Waals surface area contributed by atoms with E-state index in [9.17, 15) is 13.2 Å². The zero-order valence-corrected chi connectivity index (χ0v) is 12.1. The summed E-state index contributed by atoms with van der Waals surface area (Å²) in [6.07, 6.45) is 1.40. The van der Waals surface area contributed by atoms with Crippen molar-refractivity contribution < 1.29 is 17.9 Å². The van der Waals surface area contributed by atoms with Gasteiger partial charge in [-0.2, -0.15) is 0 Å². The van der Waals surface area contributed by atoms with E-state index in [1.54, 1.807) is 43.5 Å². The molecule has 106 valence electrons. The van der Waals surface area contributed by atoms with Crippen LogP contribution in [-0.4, -0.2) is 21.3 Å². The van der Waals surface area contributed by atoms with Crippen LogP contribution in [0.15, 0.2) is 58.3 Å². The molecule has 2 aromatic carbocycles. The maximum absolute atomic E-state index is 12.4. The molecule has 4 nitrogen and oxygen atoms in total. The predicted molar refractivity (Wildman–Crippen MR) is 78.9 cm³/mol. The largest absolute Gasteiger partial charge is 0.497 e. The summed E-state index contributed by atoms with van der Waals surface area (Å²) in [5, 5.41) is 0. The lowest BCUT2D eigenvalue weighted by molar-refractivity contribution is 0.104. The number of ketones is 1. The van der Waals surface area contributed by atoms with E-state index in [4.69, 9.17) is 4.74 Å². The van der Waals surface area contributed by atoms with Crippen LogP contribution in [0.5, 0.6) is 5.75 Å². The van der Waals surface area contributed by atoms with Crippen LogP contribution in [0.3, 0.4) is 0 Å². The van der Waals surface area contributed by atoms with Gasteiger partial charge in [0, 0.05) is 5.56 Å². The lowest BCUT2D eigenvalue weighted by Crippen LogP contribution is -2.02. The highest BCUT2D eigenvalue weighted by atomic mass is 32.2. The molecule has 0 aromatic heterocycles. The van der Waals surface area contributed by atoms with E-state index in [0.717, 1.165) is 0 Å². The highest BCUT2D eigenvalue weighted by molar-refractivity contribution is 7.97. The van der Waals surface area contributed by atoms with Crippen LogP contribution in [0.4, 0.5) is 0 Å². The topological polar surface area (TPSA) is 60.4 Å². The average Bonchev–Trinajstić information content (AvgIpc) is 2.70. The van der Waals surface area contributed by atoms with Gasteiger partial charge in [-0.15, -0.1) is 0 Å². The van der Waals surface area contributed by atoms with E-state index >= 15 is 0 Å². The second kappa shape index (κ2) is 4.86. The molecular formula is C16H12O4S. The van der Waals surface area contributed by atoms with E-state index in [0.29, 0.717) is 11.3 Å². The van der Waals surface area contributed by atoms with E-state index in [2.05, 4.69) is 0 Å². The van der Waals surface area contributed by atoms with Crippen molar-refractivity contribution in [3.63, 3.8) is 0 Å². The molecule has 0 aliphatic carbocycles. The van der Waals surface area contributed by atoms with Crippen LogP contribution in [-0.2, 0) is 9.84 Å². The number of hydrogen-bond acceptors (Lipinski definition) is 4. The third-order valence-electron chi connectivity index (χ3n) is 3.35. The van der Waals surface area contributed by atoms with Gasteiger partial charge in [-0.05, 0) is 35.9 Å². The summed E-state index contributed by atoms with van der Waals surface area (Å²) in [6.45, 7) is 0. The first-order valence-electron chi connectivity index (χ1n) is 6.28. The van der Waals surface area contributed by atoms with Gasteiger partial charge in [0.1, 0.15) is 10.7 Å². The molecule has 0 fully saturated rings. The van der Waals surface area contributed by atoms with Gasteiger partial charge in [-0.25, -0.2) is 8.42 Å². The monoisotopic (exact) mass is 300 g/mol. The van der Waals surface area contributed by atoms with Crippen LogP contribution >= 0.6 is 0 Å². The van der Waals surface area contributed by atoms with Crippen LogP contribution < -0.4 is 4.74 Å². The van der Waals surface area contributed by atoms with Gasteiger partial charge in [0.15, 0.2) is 0 Å². The van der Waals surface area contributed by atoms with Crippen LogP contribution in [0.2, 0.25) is 0 Å². The number of fused-ring (bicyclic) bond motifs is 1. The van der Waals surface area contributed by atoms with Gasteiger partial charge < -0.3 is 4.74 Å². The lowest BCUT2D eigenvalue weighted by Gasteiger charge is -2.01. The van der Waals surface area contributed by atoms with Crippen molar-refractivity contribution in [3.05, 3.63) is 64.6 Å². The summed E-state index contributed by atoms with van der Waals surface area (Å²) in [6, 6.07) is 13.1. The maximum atomic E-state index is 12.4. The number of ether oxygens (including phenoxy) is 1. The van der Waals surface area contributed by atoms with Crippen LogP contribution in [0, 0.1) is 0 Å². The van der Waals surface area contributed by atoms with Gasteiger partial charge >= 0.3 is 0 Å². The number of sulfone groups is 1.